The molecule has 0 saturated carbocycles. The summed E-state index contributed by atoms with van der Waals surface area (Å²) in [5.74, 6) is -0.420. The van der Waals surface area contributed by atoms with E-state index in [1.165, 1.54) is 18.0 Å². The molecule has 4 rings (SSSR count). The number of amides is 1. The van der Waals surface area contributed by atoms with Crippen molar-refractivity contribution < 1.29 is 14.0 Å². The van der Waals surface area contributed by atoms with Gasteiger partial charge in [-0.05, 0) is 44.5 Å². The highest BCUT2D eigenvalue weighted by atomic mass is 32.2. The fourth-order valence-corrected chi connectivity index (χ4v) is 4.92. The van der Waals surface area contributed by atoms with E-state index in [0.29, 0.717) is 38.9 Å². The summed E-state index contributed by atoms with van der Waals surface area (Å²) in [5, 5.41) is 16.8. The Bertz CT molecular complexity index is 1360. The minimum Gasteiger partial charge on any atom is -0.468 e. The van der Waals surface area contributed by atoms with Gasteiger partial charge in [0.1, 0.15) is 5.76 Å². The Hall–Kier alpha value is -4.02. The van der Waals surface area contributed by atoms with Crippen LogP contribution in [0, 0.1) is 25.2 Å². The Kier molecular flexibility index (Phi) is 7.23. The Morgan fingerprint density at radius 2 is 1.80 bits per heavy atom. The number of ketones is 1. The molecular weight excluding hydrogens is 458 g/mol. The van der Waals surface area contributed by atoms with Crippen molar-refractivity contribution in [1.82, 2.24) is 5.32 Å². The number of nitrogens with one attached hydrogen (secondary N) is 2. The van der Waals surface area contributed by atoms with Crippen molar-refractivity contribution in [1.29, 1.82) is 5.26 Å². The van der Waals surface area contributed by atoms with E-state index in [4.69, 9.17) is 4.42 Å². The summed E-state index contributed by atoms with van der Waals surface area (Å²) >= 11 is 1.25. The van der Waals surface area contributed by atoms with Crippen LogP contribution in [0.15, 0.2) is 93.2 Å². The van der Waals surface area contributed by atoms with Crippen molar-refractivity contribution in [2.45, 2.75) is 26.7 Å². The highest BCUT2D eigenvalue weighted by Crippen LogP contribution is 2.41. The molecule has 1 aromatic heterocycles. The SMILES string of the molecule is CC1=C(C(=O)Nc2ccccc2C)[C@H](c2ccco2)C(C#N)=C(SCC(=O)c2ccc(C)cc2)N1. The minimum atomic E-state index is -0.697. The molecule has 0 fully saturated rings. The van der Waals surface area contributed by atoms with Crippen molar-refractivity contribution in [3.05, 3.63) is 111 Å². The zero-order valence-electron chi connectivity index (χ0n) is 19.7. The van der Waals surface area contributed by atoms with Gasteiger partial charge in [0.15, 0.2) is 5.78 Å². The van der Waals surface area contributed by atoms with Gasteiger partial charge in [0.05, 0.1) is 40.2 Å². The van der Waals surface area contributed by atoms with Crippen LogP contribution in [-0.4, -0.2) is 17.4 Å². The van der Waals surface area contributed by atoms with Crippen molar-refractivity contribution in [3.63, 3.8) is 0 Å². The van der Waals surface area contributed by atoms with Gasteiger partial charge in [-0.2, -0.15) is 5.26 Å². The van der Waals surface area contributed by atoms with Gasteiger partial charge in [0.25, 0.3) is 5.91 Å². The lowest BCUT2D eigenvalue weighted by molar-refractivity contribution is -0.113. The van der Waals surface area contributed by atoms with Gasteiger partial charge in [-0.3, -0.25) is 9.59 Å². The molecule has 0 radical (unpaired) electrons. The number of anilines is 1. The average Bonchev–Trinajstić information content (AvgIpc) is 3.38. The van der Waals surface area contributed by atoms with Crippen molar-refractivity contribution in [2.75, 3.05) is 11.1 Å². The number of thioether (sulfide) groups is 1. The first-order chi connectivity index (χ1) is 16.9. The van der Waals surface area contributed by atoms with Gasteiger partial charge < -0.3 is 15.1 Å². The number of aryl methyl sites for hydroxylation is 2. The molecule has 176 valence electrons. The number of carbonyl (C=O) groups excluding carboxylic acids is 2. The second kappa shape index (κ2) is 10.5. The molecule has 1 aliphatic heterocycles. The molecular formula is C28H25N3O3S. The predicted octanol–water partition coefficient (Wildman–Crippen LogP) is 5.85. The fourth-order valence-electron chi connectivity index (χ4n) is 3.93. The maximum Gasteiger partial charge on any atom is 0.254 e. The van der Waals surface area contributed by atoms with Crippen LogP contribution in [0.4, 0.5) is 5.69 Å². The van der Waals surface area contributed by atoms with E-state index in [1.807, 2.05) is 50.2 Å². The van der Waals surface area contributed by atoms with Crippen LogP contribution >= 0.6 is 11.8 Å². The minimum absolute atomic E-state index is 0.0409. The smallest absolute Gasteiger partial charge is 0.254 e. The molecule has 1 aliphatic rings. The van der Waals surface area contributed by atoms with Crippen LogP contribution in [0.3, 0.4) is 0 Å². The first-order valence-corrected chi connectivity index (χ1v) is 12.1. The van der Waals surface area contributed by atoms with Gasteiger partial charge in [0, 0.05) is 16.9 Å². The molecule has 0 bridgehead atoms. The average molecular weight is 484 g/mol. The number of hydrogen-bond acceptors (Lipinski definition) is 6. The maximum absolute atomic E-state index is 13.4. The monoisotopic (exact) mass is 483 g/mol. The molecule has 0 saturated heterocycles. The second-order valence-corrected chi connectivity index (χ2v) is 9.30. The molecule has 2 N–H and O–H groups in total. The number of benzene rings is 2. The zero-order chi connectivity index (χ0) is 24.9. The van der Waals surface area contributed by atoms with Gasteiger partial charge in [-0.15, -0.1) is 0 Å². The van der Waals surface area contributed by atoms with Crippen LogP contribution in [0.5, 0.6) is 0 Å². The van der Waals surface area contributed by atoms with Crippen molar-refractivity contribution >= 4 is 29.1 Å². The normalized spacial score (nSPS) is 15.4. The van der Waals surface area contributed by atoms with Crippen LogP contribution in [0.25, 0.3) is 0 Å². The Morgan fingerprint density at radius 1 is 1.06 bits per heavy atom. The lowest BCUT2D eigenvalue weighted by Crippen LogP contribution is -2.31. The third kappa shape index (κ3) is 5.23. The molecule has 1 atom stereocenters. The summed E-state index contributed by atoms with van der Waals surface area (Å²) in [6.45, 7) is 5.68. The number of allylic oxidation sites excluding steroid dienone is 2. The summed E-state index contributed by atoms with van der Waals surface area (Å²) in [7, 11) is 0. The molecule has 3 aromatic rings. The van der Waals surface area contributed by atoms with Gasteiger partial charge >= 0.3 is 0 Å². The standard InChI is InChI=1S/C28H25N3O3S/c1-17-10-12-20(13-11-17)23(32)16-35-28-21(15-29)26(24-9-6-14-34-24)25(19(3)30-28)27(33)31-22-8-5-4-7-18(22)2/h4-14,26,30H,16H2,1-3H3,(H,31,33)/t26-/m0/s1. The Balaban J connectivity index is 1.64. The van der Waals surface area contributed by atoms with E-state index in [-0.39, 0.29) is 17.4 Å². The molecule has 7 heteroatoms. The maximum atomic E-state index is 13.4. The molecule has 2 aromatic carbocycles. The van der Waals surface area contributed by atoms with Crippen LogP contribution in [0.1, 0.15) is 40.1 Å². The summed E-state index contributed by atoms with van der Waals surface area (Å²) in [6, 6.07) is 20.6. The van der Waals surface area contributed by atoms with Crippen LogP contribution in [0.2, 0.25) is 0 Å². The van der Waals surface area contributed by atoms with Gasteiger partial charge in [-0.1, -0.05) is 59.8 Å². The van der Waals surface area contributed by atoms with Crippen molar-refractivity contribution in [2.24, 2.45) is 0 Å². The molecule has 0 unspecified atom stereocenters. The highest BCUT2D eigenvalue weighted by Gasteiger charge is 2.36. The predicted molar refractivity (Wildman–Crippen MR) is 138 cm³/mol. The summed E-state index contributed by atoms with van der Waals surface area (Å²) in [6.07, 6.45) is 1.52. The van der Waals surface area contributed by atoms with E-state index < -0.39 is 5.92 Å². The summed E-state index contributed by atoms with van der Waals surface area (Å²) < 4.78 is 5.66. The molecule has 0 spiro atoms. The first-order valence-electron chi connectivity index (χ1n) is 11.1. The number of hydrogen-bond donors (Lipinski definition) is 2. The lowest BCUT2D eigenvalue weighted by atomic mass is 9.85. The number of furan rings is 1. The van der Waals surface area contributed by atoms with E-state index in [0.717, 1.165) is 11.1 Å². The topological polar surface area (TPSA) is 95.1 Å². The van der Waals surface area contributed by atoms with E-state index in [2.05, 4.69) is 16.7 Å². The third-order valence-electron chi connectivity index (χ3n) is 5.83. The summed E-state index contributed by atoms with van der Waals surface area (Å²) in [5.41, 5.74) is 4.65. The van der Waals surface area contributed by atoms with Gasteiger partial charge in [-0.25, -0.2) is 0 Å². The highest BCUT2D eigenvalue weighted by molar-refractivity contribution is 8.03. The van der Waals surface area contributed by atoms with Crippen molar-refractivity contribution in [3.8, 4) is 6.07 Å². The third-order valence-corrected chi connectivity index (χ3v) is 6.85. The van der Waals surface area contributed by atoms with E-state index in [9.17, 15) is 14.9 Å². The Labute approximate surface area is 208 Å². The molecule has 35 heavy (non-hydrogen) atoms. The number of Topliss-reactive ketones (excluding diaryl/α,β-unsaturated/α-hetero) is 1. The molecule has 1 amide bonds. The van der Waals surface area contributed by atoms with E-state index >= 15 is 0 Å². The first kappa shape index (κ1) is 24.1. The quantitative estimate of drug-likeness (QED) is 0.410. The number of rotatable bonds is 7. The molecule has 6 nitrogen and oxygen atoms in total. The number of carbonyl (C=O) groups is 2. The number of nitrogens with zero attached hydrogens (tertiary/aromatic N) is 1. The van der Waals surface area contributed by atoms with E-state index in [1.54, 1.807) is 31.2 Å². The Morgan fingerprint density at radius 3 is 2.46 bits per heavy atom. The molecule has 0 aliphatic carbocycles. The second-order valence-electron chi connectivity index (χ2n) is 8.31. The lowest BCUT2D eigenvalue weighted by Gasteiger charge is -2.28. The zero-order valence-corrected chi connectivity index (χ0v) is 20.5. The number of dihydropyridines is 1. The van der Waals surface area contributed by atoms with Gasteiger partial charge in [0.2, 0.25) is 0 Å². The number of para-hydroxylation sites is 1. The molecule has 2 heterocycles. The number of nitriles is 1. The van der Waals surface area contributed by atoms with Crippen LogP contribution < -0.4 is 10.6 Å². The largest absolute Gasteiger partial charge is 0.468 e. The summed E-state index contributed by atoms with van der Waals surface area (Å²) in [4.78, 5) is 26.2. The fraction of sp³-hybridized carbons (Fsp3) is 0.179. The van der Waals surface area contributed by atoms with Crippen LogP contribution in [-0.2, 0) is 4.79 Å².